The minimum absolute atomic E-state index is 0.329. The van der Waals surface area contributed by atoms with Gasteiger partial charge in [-0.05, 0) is 29.3 Å². The van der Waals surface area contributed by atoms with Crippen molar-refractivity contribution in [2.24, 2.45) is 0 Å². The normalized spacial score (nSPS) is 11.7. The average Bonchev–Trinajstić information content (AvgIpc) is 2.57. The van der Waals surface area contributed by atoms with Gasteiger partial charge in [0, 0.05) is 12.1 Å². The van der Waals surface area contributed by atoms with E-state index in [1.165, 1.54) is 20.3 Å². The smallest absolute Gasteiger partial charge is 0.340 e. The predicted octanol–water partition coefficient (Wildman–Crippen LogP) is 2.91. The highest BCUT2D eigenvalue weighted by Crippen LogP contribution is 2.36. The molecule has 5 heteroatoms. The highest BCUT2D eigenvalue weighted by atomic mass is 16.5. The summed E-state index contributed by atoms with van der Waals surface area (Å²) in [7, 11) is 2.63. The van der Waals surface area contributed by atoms with Crippen LogP contribution in [0.25, 0.3) is 0 Å². The number of nitrogens with one attached hydrogen (secondary N) is 1. The lowest BCUT2D eigenvalue weighted by molar-refractivity contribution is 0.0599. The molecule has 0 saturated heterocycles. The topological polar surface area (TPSA) is 64.6 Å². The first-order valence-electron chi connectivity index (χ1n) is 6.82. The van der Waals surface area contributed by atoms with Gasteiger partial charge in [-0.1, -0.05) is 18.2 Å². The van der Waals surface area contributed by atoms with Crippen LogP contribution in [0, 0.1) is 0 Å². The van der Waals surface area contributed by atoms with Gasteiger partial charge in [0.1, 0.15) is 0 Å². The monoisotopic (exact) mass is 297 g/mol. The van der Waals surface area contributed by atoms with E-state index >= 15 is 0 Å². The maximum absolute atomic E-state index is 12.0. The first-order chi connectivity index (χ1) is 10.6. The van der Waals surface area contributed by atoms with Gasteiger partial charge in [-0.25, -0.2) is 9.59 Å². The maximum atomic E-state index is 12.0. The Hall–Kier alpha value is -2.82. The molecule has 1 aliphatic rings. The maximum Gasteiger partial charge on any atom is 0.340 e. The molecule has 1 N–H and O–H groups in total. The molecule has 0 radical (unpaired) electrons. The lowest BCUT2D eigenvalue weighted by atomic mass is 9.92. The van der Waals surface area contributed by atoms with Gasteiger partial charge in [-0.2, -0.15) is 0 Å². The first-order valence-corrected chi connectivity index (χ1v) is 6.82. The number of anilines is 2. The molecule has 0 bridgehead atoms. The fourth-order valence-corrected chi connectivity index (χ4v) is 2.63. The van der Waals surface area contributed by atoms with Gasteiger partial charge < -0.3 is 14.8 Å². The third-order valence-corrected chi connectivity index (χ3v) is 3.70. The second-order valence-electron chi connectivity index (χ2n) is 5.00. The number of carbonyl (C=O) groups is 2. The van der Waals surface area contributed by atoms with E-state index in [2.05, 4.69) is 5.32 Å². The number of para-hydroxylation sites is 1. The molecule has 1 aliphatic heterocycles. The van der Waals surface area contributed by atoms with Crippen LogP contribution in [0.15, 0.2) is 36.4 Å². The van der Waals surface area contributed by atoms with E-state index in [4.69, 9.17) is 9.47 Å². The molecule has 0 aromatic heterocycles. The first kappa shape index (κ1) is 14.1. The molecular weight excluding hydrogens is 282 g/mol. The molecule has 0 atom stereocenters. The molecule has 0 aliphatic carbocycles. The van der Waals surface area contributed by atoms with Crippen molar-refractivity contribution in [2.45, 2.75) is 6.42 Å². The van der Waals surface area contributed by atoms with Crippen LogP contribution in [0.3, 0.4) is 0 Å². The quantitative estimate of drug-likeness (QED) is 0.737. The Morgan fingerprint density at radius 1 is 1.00 bits per heavy atom. The van der Waals surface area contributed by atoms with Gasteiger partial charge in [-0.15, -0.1) is 0 Å². The minimum Gasteiger partial charge on any atom is -0.465 e. The summed E-state index contributed by atoms with van der Waals surface area (Å²) in [5.74, 6) is -0.972. The van der Waals surface area contributed by atoms with E-state index < -0.39 is 11.9 Å². The molecule has 3 rings (SSSR count). The van der Waals surface area contributed by atoms with Crippen molar-refractivity contribution in [3.8, 4) is 0 Å². The lowest BCUT2D eigenvalue weighted by Gasteiger charge is -2.24. The van der Waals surface area contributed by atoms with E-state index in [0.717, 1.165) is 16.8 Å². The van der Waals surface area contributed by atoms with Crippen molar-refractivity contribution >= 4 is 23.3 Å². The molecule has 0 fully saturated rings. The van der Waals surface area contributed by atoms with Gasteiger partial charge in [0.2, 0.25) is 0 Å². The summed E-state index contributed by atoms with van der Waals surface area (Å²) >= 11 is 0. The fourth-order valence-electron chi connectivity index (χ4n) is 2.63. The van der Waals surface area contributed by atoms with Gasteiger partial charge in [0.25, 0.3) is 0 Å². The number of ether oxygens (including phenoxy) is 2. The van der Waals surface area contributed by atoms with Crippen molar-refractivity contribution in [3.63, 3.8) is 0 Å². The van der Waals surface area contributed by atoms with E-state index in [-0.39, 0.29) is 0 Å². The highest BCUT2D eigenvalue weighted by Gasteiger charge is 2.24. The number of fused-ring (bicyclic) bond motifs is 2. The van der Waals surface area contributed by atoms with Crippen LogP contribution < -0.4 is 5.32 Å². The van der Waals surface area contributed by atoms with Crippen LogP contribution in [-0.2, 0) is 15.9 Å². The molecule has 5 nitrogen and oxygen atoms in total. The summed E-state index contributed by atoms with van der Waals surface area (Å²) in [6.07, 6.45) is 0.632. The summed E-state index contributed by atoms with van der Waals surface area (Å²) in [5.41, 5.74) is 4.26. The number of hydrogen-bond acceptors (Lipinski definition) is 5. The van der Waals surface area contributed by atoms with Crippen LogP contribution >= 0.6 is 0 Å². The number of methoxy groups -OCH3 is 2. The Balaban J connectivity index is 2.15. The van der Waals surface area contributed by atoms with Crippen molar-refractivity contribution in [3.05, 3.63) is 58.7 Å². The fraction of sp³-hybridized carbons (Fsp3) is 0.176. The number of benzene rings is 2. The minimum atomic E-state index is -0.492. The summed E-state index contributed by atoms with van der Waals surface area (Å²) < 4.78 is 9.58. The van der Waals surface area contributed by atoms with E-state index in [0.29, 0.717) is 23.2 Å². The zero-order valence-electron chi connectivity index (χ0n) is 12.3. The molecule has 0 amide bonds. The Morgan fingerprint density at radius 2 is 1.73 bits per heavy atom. The summed E-state index contributed by atoms with van der Waals surface area (Å²) in [4.78, 5) is 23.9. The highest BCUT2D eigenvalue weighted by molar-refractivity contribution is 6.02. The standard InChI is InChI=1S/C17H15NO4/c1-21-16(19)12-8-11-7-10-5-3-4-6-14(10)18-15(11)13(9-12)17(20)22-2/h3-6,8-9,18H,7H2,1-2H3. The summed E-state index contributed by atoms with van der Waals surface area (Å²) in [6, 6.07) is 11.1. The third-order valence-electron chi connectivity index (χ3n) is 3.70. The molecule has 1 heterocycles. The summed E-state index contributed by atoms with van der Waals surface area (Å²) in [6.45, 7) is 0. The number of rotatable bonds is 2. The van der Waals surface area contributed by atoms with Crippen molar-refractivity contribution < 1.29 is 19.1 Å². The van der Waals surface area contributed by atoms with Crippen LogP contribution in [-0.4, -0.2) is 26.2 Å². The number of esters is 2. The molecule has 0 spiro atoms. The predicted molar refractivity (Wildman–Crippen MR) is 81.7 cm³/mol. The van der Waals surface area contributed by atoms with Crippen LogP contribution in [0.1, 0.15) is 31.8 Å². The zero-order chi connectivity index (χ0) is 15.7. The molecule has 0 unspecified atom stereocenters. The van der Waals surface area contributed by atoms with Crippen LogP contribution in [0.2, 0.25) is 0 Å². The third kappa shape index (κ3) is 2.30. The SMILES string of the molecule is COC(=O)c1cc2c(c(C(=O)OC)c1)Nc1ccccc1C2. The Bertz CT molecular complexity index is 767. The van der Waals surface area contributed by atoms with Gasteiger partial charge in [-0.3, -0.25) is 0 Å². The van der Waals surface area contributed by atoms with Gasteiger partial charge >= 0.3 is 11.9 Å². The Kier molecular flexibility index (Phi) is 3.55. The van der Waals surface area contributed by atoms with Crippen LogP contribution in [0.5, 0.6) is 0 Å². The zero-order valence-corrected chi connectivity index (χ0v) is 12.3. The molecule has 0 saturated carbocycles. The van der Waals surface area contributed by atoms with Gasteiger partial charge in [0.15, 0.2) is 0 Å². The second-order valence-corrected chi connectivity index (χ2v) is 5.00. The molecule has 2 aromatic carbocycles. The second kappa shape index (κ2) is 5.52. The number of carbonyl (C=O) groups excluding carboxylic acids is 2. The lowest BCUT2D eigenvalue weighted by Crippen LogP contribution is -2.15. The molecular formula is C17H15NO4. The van der Waals surface area contributed by atoms with Gasteiger partial charge in [0.05, 0.1) is 31.0 Å². The largest absolute Gasteiger partial charge is 0.465 e. The van der Waals surface area contributed by atoms with E-state index in [1.807, 2.05) is 24.3 Å². The van der Waals surface area contributed by atoms with Crippen molar-refractivity contribution in [1.29, 1.82) is 0 Å². The van der Waals surface area contributed by atoms with E-state index in [1.54, 1.807) is 6.07 Å². The molecule has 2 aromatic rings. The van der Waals surface area contributed by atoms with Crippen molar-refractivity contribution in [2.75, 3.05) is 19.5 Å². The Labute approximate surface area is 127 Å². The summed E-state index contributed by atoms with van der Waals surface area (Å²) in [5, 5.41) is 3.26. The Morgan fingerprint density at radius 3 is 2.45 bits per heavy atom. The molecule has 22 heavy (non-hydrogen) atoms. The van der Waals surface area contributed by atoms with Crippen LogP contribution in [0.4, 0.5) is 11.4 Å². The number of hydrogen-bond donors (Lipinski definition) is 1. The van der Waals surface area contributed by atoms with Crippen molar-refractivity contribution in [1.82, 2.24) is 0 Å². The average molecular weight is 297 g/mol. The van der Waals surface area contributed by atoms with E-state index in [9.17, 15) is 9.59 Å². The molecule has 112 valence electrons.